The predicted octanol–water partition coefficient (Wildman–Crippen LogP) is 9.02. The largest absolute Gasteiger partial charge is 0.489 e. The highest BCUT2D eigenvalue weighted by molar-refractivity contribution is 14.1. The number of aryl methyl sites for hydroxylation is 2. The molecule has 45 heavy (non-hydrogen) atoms. The molecule has 8 nitrogen and oxygen atoms in total. The zero-order valence-electron chi connectivity index (χ0n) is 23.9. The Labute approximate surface area is 269 Å². The predicted molar refractivity (Wildman–Crippen MR) is 166 cm³/mol. The molecule has 5 aromatic rings. The number of hydrogen-bond acceptors (Lipinski definition) is 6. The van der Waals surface area contributed by atoms with Crippen molar-refractivity contribution in [3.05, 3.63) is 128 Å². The molecule has 0 radical (unpaired) electrons. The van der Waals surface area contributed by atoms with Crippen molar-refractivity contribution in [1.29, 1.82) is 0 Å². The van der Waals surface area contributed by atoms with Gasteiger partial charge in [0, 0.05) is 14.7 Å². The van der Waals surface area contributed by atoms with E-state index >= 15 is 0 Å². The molecular weight excluding hydrogens is 708 g/mol. The lowest BCUT2D eigenvalue weighted by Crippen LogP contribution is -2.04. The van der Waals surface area contributed by atoms with Crippen molar-refractivity contribution >= 4 is 34.5 Å². The lowest BCUT2D eigenvalue weighted by Gasteiger charge is -2.10. The quantitative estimate of drug-likeness (QED) is 0.144. The topological polar surface area (TPSA) is 119 Å². The number of rotatable bonds is 9. The number of aromatic carboxylic acids is 2. The molecule has 0 atom stereocenters. The highest BCUT2D eigenvalue weighted by Crippen LogP contribution is 2.33. The smallest absolute Gasteiger partial charge is 0.416 e. The molecule has 0 saturated heterocycles. The van der Waals surface area contributed by atoms with Gasteiger partial charge in [0.25, 0.3) is 0 Å². The van der Waals surface area contributed by atoms with E-state index in [4.69, 9.17) is 28.5 Å². The summed E-state index contributed by atoms with van der Waals surface area (Å²) in [4.78, 5) is 21.7. The fourth-order valence-corrected chi connectivity index (χ4v) is 4.57. The van der Waals surface area contributed by atoms with Crippen molar-refractivity contribution in [3.8, 4) is 22.6 Å². The van der Waals surface area contributed by atoms with Gasteiger partial charge in [0.1, 0.15) is 36.2 Å². The first-order chi connectivity index (χ1) is 21.3. The van der Waals surface area contributed by atoms with Crippen LogP contribution in [0.1, 0.15) is 49.3 Å². The number of furan rings is 2. The fourth-order valence-electron chi connectivity index (χ4n) is 4.06. The van der Waals surface area contributed by atoms with Gasteiger partial charge < -0.3 is 28.5 Å². The van der Waals surface area contributed by atoms with E-state index in [0.717, 1.165) is 27.0 Å². The number of carboxylic acids is 2. The highest BCUT2D eigenvalue weighted by Gasteiger charge is 2.30. The first-order valence-corrected chi connectivity index (χ1v) is 14.3. The number of hydrogen-bond donors (Lipinski definition) is 2. The molecule has 0 aliphatic heterocycles. The molecule has 2 aromatic heterocycles. The summed E-state index contributed by atoms with van der Waals surface area (Å²) in [6.45, 7) is 3.72. The number of carbonyl (C=O) groups is 2. The minimum Gasteiger partial charge on any atom is -0.489 e. The van der Waals surface area contributed by atoms with Crippen LogP contribution in [-0.2, 0) is 19.4 Å². The molecule has 0 aliphatic rings. The second kappa shape index (κ2) is 14.4. The van der Waals surface area contributed by atoms with Gasteiger partial charge in [0.15, 0.2) is 0 Å². The first-order valence-electron chi connectivity index (χ1n) is 13.2. The summed E-state index contributed by atoms with van der Waals surface area (Å²) in [5.41, 5.74) is 1.60. The third-order valence-electron chi connectivity index (χ3n) is 6.40. The summed E-state index contributed by atoms with van der Waals surface area (Å²) in [5, 5.41) is 17.7. The Morgan fingerprint density at radius 1 is 0.711 bits per heavy atom. The molecule has 0 amide bonds. The summed E-state index contributed by atoms with van der Waals surface area (Å²) >= 11 is 2.20. The first kappa shape index (κ1) is 33.2. The maximum absolute atomic E-state index is 12.9. The monoisotopic (exact) mass is 734 g/mol. The molecule has 0 spiro atoms. The third kappa shape index (κ3) is 9.14. The van der Waals surface area contributed by atoms with E-state index in [9.17, 15) is 22.8 Å². The average molecular weight is 734 g/mol. The van der Waals surface area contributed by atoms with Gasteiger partial charge in [-0.05, 0) is 102 Å². The van der Waals surface area contributed by atoms with Crippen LogP contribution in [0.25, 0.3) is 11.1 Å². The average Bonchev–Trinajstić information content (AvgIpc) is 3.57. The van der Waals surface area contributed by atoms with Gasteiger partial charge in [-0.2, -0.15) is 13.2 Å². The summed E-state index contributed by atoms with van der Waals surface area (Å²) in [7, 11) is 0. The van der Waals surface area contributed by atoms with E-state index < -0.39 is 23.7 Å². The van der Waals surface area contributed by atoms with Gasteiger partial charge >= 0.3 is 18.1 Å². The van der Waals surface area contributed by atoms with Gasteiger partial charge in [-0.25, -0.2) is 9.59 Å². The molecule has 3 aromatic carbocycles. The van der Waals surface area contributed by atoms with Crippen LogP contribution in [0, 0.1) is 17.4 Å². The normalized spacial score (nSPS) is 11.0. The molecule has 12 heteroatoms. The lowest BCUT2D eigenvalue weighted by atomic mass is 10.0. The highest BCUT2D eigenvalue weighted by atomic mass is 127. The van der Waals surface area contributed by atoms with Crippen LogP contribution in [0.15, 0.2) is 93.8 Å². The second-order valence-electron chi connectivity index (χ2n) is 9.64. The Bertz CT molecular complexity index is 1810. The summed E-state index contributed by atoms with van der Waals surface area (Å²) in [5.74, 6) is -0.284. The molecular formula is C33H26F3IO8. The summed E-state index contributed by atoms with van der Waals surface area (Å²) < 4.78 is 61.2. The third-order valence-corrected chi connectivity index (χ3v) is 7.08. The number of benzene rings is 3. The van der Waals surface area contributed by atoms with Crippen LogP contribution >= 0.6 is 22.6 Å². The molecule has 2 heterocycles. The standard InChI is InChI=1S/C20H15F3O4.C13H11IO4/c1-12-15(10-18(27-12)19(24)25)11-26-17-7-3-5-14(9-17)13-4-2-6-16(8-13)20(21,22)23;1-8-9(5-12(18-8)13(15)16)7-17-11-4-2-3-10(14)6-11/h2-10H,11H2,1H3,(H,24,25);2-6H,7H2,1H3,(H,15,16). The SMILES string of the molecule is Cc1oc(C(=O)O)cc1COc1cccc(-c2cccc(C(F)(F)F)c2)c1.Cc1oc(C(=O)O)cc1COc1cccc(I)c1. The van der Waals surface area contributed by atoms with E-state index in [1.54, 1.807) is 44.2 Å². The molecule has 0 aliphatic carbocycles. The van der Waals surface area contributed by atoms with E-state index in [1.807, 2.05) is 24.3 Å². The van der Waals surface area contributed by atoms with Crippen molar-refractivity contribution in [3.63, 3.8) is 0 Å². The number of halogens is 4. The molecule has 0 saturated carbocycles. The maximum atomic E-state index is 12.9. The van der Waals surface area contributed by atoms with Crippen molar-refractivity contribution in [2.45, 2.75) is 33.2 Å². The molecule has 0 bridgehead atoms. The number of alkyl halides is 3. The molecule has 234 valence electrons. The van der Waals surface area contributed by atoms with Crippen LogP contribution in [0.3, 0.4) is 0 Å². The Hall–Kier alpha value is -4.72. The van der Waals surface area contributed by atoms with Crippen molar-refractivity contribution in [2.24, 2.45) is 0 Å². The van der Waals surface area contributed by atoms with E-state index in [2.05, 4.69) is 22.6 Å². The van der Waals surface area contributed by atoms with Crippen LogP contribution in [0.4, 0.5) is 13.2 Å². The van der Waals surface area contributed by atoms with E-state index in [-0.39, 0.29) is 18.1 Å². The second-order valence-corrected chi connectivity index (χ2v) is 10.9. The van der Waals surface area contributed by atoms with Gasteiger partial charge in [-0.1, -0.05) is 30.3 Å². The van der Waals surface area contributed by atoms with Crippen molar-refractivity contribution < 1.29 is 51.3 Å². The zero-order chi connectivity index (χ0) is 32.7. The van der Waals surface area contributed by atoms with E-state index in [0.29, 0.717) is 40.6 Å². The maximum Gasteiger partial charge on any atom is 0.416 e. The lowest BCUT2D eigenvalue weighted by molar-refractivity contribution is -0.137. The Morgan fingerprint density at radius 2 is 1.18 bits per heavy atom. The molecule has 2 N–H and O–H groups in total. The van der Waals surface area contributed by atoms with Crippen LogP contribution < -0.4 is 9.47 Å². The molecule has 0 fully saturated rings. The van der Waals surface area contributed by atoms with Gasteiger partial charge in [-0.3, -0.25) is 0 Å². The zero-order valence-corrected chi connectivity index (χ0v) is 26.0. The minimum absolute atomic E-state index is 0.0613. The van der Waals surface area contributed by atoms with Crippen LogP contribution in [-0.4, -0.2) is 22.2 Å². The van der Waals surface area contributed by atoms with Crippen molar-refractivity contribution in [1.82, 2.24) is 0 Å². The molecule has 0 unspecified atom stereocenters. The molecule has 5 rings (SSSR count). The van der Waals surface area contributed by atoms with Crippen LogP contribution in [0.5, 0.6) is 11.5 Å². The summed E-state index contributed by atoms with van der Waals surface area (Å²) in [6, 6.07) is 22.2. The van der Waals surface area contributed by atoms with Gasteiger partial charge in [0.2, 0.25) is 11.5 Å². The number of ether oxygens (including phenoxy) is 2. The minimum atomic E-state index is -4.41. The Morgan fingerprint density at radius 3 is 1.64 bits per heavy atom. The fraction of sp³-hybridized carbons (Fsp3) is 0.152. The number of carboxylic acid groups (broad SMARTS) is 2. The van der Waals surface area contributed by atoms with Gasteiger partial charge in [-0.15, -0.1) is 0 Å². The van der Waals surface area contributed by atoms with Crippen LogP contribution in [0.2, 0.25) is 0 Å². The Balaban J connectivity index is 0.000000222. The van der Waals surface area contributed by atoms with Crippen molar-refractivity contribution in [2.75, 3.05) is 0 Å². The van der Waals surface area contributed by atoms with E-state index in [1.165, 1.54) is 18.2 Å². The van der Waals surface area contributed by atoms with Gasteiger partial charge in [0.05, 0.1) is 5.56 Å². The Kier molecular flexibility index (Phi) is 10.6. The summed E-state index contributed by atoms with van der Waals surface area (Å²) in [6.07, 6.45) is -4.41.